The van der Waals surface area contributed by atoms with Crippen molar-refractivity contribution in [3.8, 4) is 11.3 Å². The van der Waals surface area contributed by atoms with E-state index in [1.54, 1.807) is 38.4 Å². The first kappa shape index (κ1) is 25.3. The molecule has 0 radical (unpaired) electrons. The molecule has 9 heteroatoms. The molecular formula is C25H26F3N3O2S. The van der Waals surface area contributed by atoms with Crippen molar-refractivity contribution in [2.24, 2.45) is 4.99 Å². The van der Waals surface area contributed by atoms with Gasteiger partial charge in [0.25, 0.3) is 0 Å². The van der Waals surface area contributed by atoms with Crippen LogP contribution in [0, 0.1) is 6.92 Å². The highest BCUT2D eigenvalue weighted by Crippen LogP contribution is 2.36. The van der Waals surface area contributed by atoms with Gasteiger partial charge in [-0.15, -0.1) is 0 Å². The molecule has 0 amide bonds. The lowest BCUT2D eigenvalue weighted by Gasteiger charge is -2.17. The highest BCUT2D eigenvalue weighted by molar-refractivity contribution is 7.91. The van der Waals surface area contributed by atoms with E-state index in [1.807, 2.05) is 0 Å². The number of aromatic nitrogens is 1. The number of aliphatic imine (C=N–C) groups is 1. The maximum absolute atomic E-state index is 13.4. The zero-order valence-corrected chi connectivity index (χ0v) is 19.9. The van der Waals surface area contributed by atoms with Gasteiger partial charge < -0.3 is 10.7 Å². The highest BCUT2D eigenvalue weighted by Gasteiger charge is 2.34. The maximum Gasteiger partial charge on any atom is 0.417 e. The van der Waals surface area contributed by atoms with Gasteiger partial charge >= 0.3 is 6.18 Å². The molecule has 180 valence electrons. The number of benzene rings is 2. The first-order valence-corrected chi connectivity index (χ1v) is 12.1. The molecule has 3 aromatic rings. The van der Waals surface area contributed by atoms with Crippen LogP contribution >= 0.6 is 0 Å². The van der Waals surface area contributed by atoms with Crippen molar-refractivity contribution in [3.05, 3.63) is 77.0 Å². The van der Waals surface area contributed by atoms with Gasteiger partial charge in [0.15, 0.2) is 9.84 Å². The number of sulfone groups is 1. The zero-order valence-electron chi connectivity index (χ0n) is 19.1. The number of aryl methyl sites for hydroxylation is 2. The summed E-state index contributed by atoms with van der Waals surface area (Å²) in [5.41, 5.74) is 8.94. The van der Waals surface area contributed by atoms with Crippen LogP contribution in [0.3, 0.4) is 0 Å². The second-order valence-corrected chi connectivity index (χ2v) is 10.2. The Morgan fingerprint density at radius 3 is 2.56 bits per heavy atom. The van der Waals surface area contributed by atoms with Crippen LogP contribution in [0.4, 0.5) is 18.9 Å². The molecule has 0 saturated heterocycles. The quantitative estimate of drug-likeness (QED) is 0.330. The molecule has 0 unspecified atom stereocenters. The normalized spacial score (nSPS) is 12.4. The number of hydrogen-bond donors (Lipinski definition) is 2. The number of anilines is 1. The van der Waals surface area contributed by atoms with E-state index in [0.29, 0.717) is 33.6 Å². The molecule has 0 spiro atoms. The van der Waals surface area contributed by atoms with Crippen molar-refractivity contribution >= 4 is 27.3 Å². The van der Waals surface area contributed by atoms with E-state index in [0.717, 1.165) is 6.07 Å². The van der Waals surface area contributed by atoms with Crippen LogP contribution in [-0.4, -0.2) is 32.4 Å². The second kappa shape index (κ2) is 9.50. The lowest BCUT2D eigenvalue weighted by Crippen LogP contribution is -2.13. The number of hydrogen-bond acceptors (Lipinski definition) is 4. The Hall–Kier alpha value is -3.33. The summed E-state index contributed by atoms with van der Waals surface area (Å²) in [7, 11) is -2.08. The Labute approximate surface area is 197 Å². The summed E-state index contributed by atoms with van der Waals surface area (Å²) in [6, 6.07) is 9.32. The Kier molecular flexibility index (Phi) is 7.07. The number of rotatable bonds is 7. The van der Waals surface area contributed by atoms with Gasteiger partial charge in [-0.05, 0) is 49.1 Å². The van der Waals surface area contributed by atoms with Crippen molar-refractivity contribution in [3.63, 3.8) is 0 Å². The molecule has 0 bridgehead atoms. The Balaban J connectivity index is 1.88. The molecule has 0 aliphatic rings. The summed E-state index contributed by atoms with van der Waals surface area (Å²) in [4.78, 5) is 7.00. The van der Waals surface area contributed by atoms with Crippen molar-refractivity contribution in [2.45, 2.75) is 31.3 Å². The van der Waals surface area contributed by atoms with Gasteiger partial charge in [-0.2, -0.15) is 13.2 Å². The highest BCUT2D eigenvalue weighted by atomic mass is 32.2. The lowest BCUT2D eigenvalue weighted by molar-refractivity contribution is -0.137. The lowest BCUT2D eigenvalue weighted by atomic mass is 9.94. The van der Waals surface area contributed by atoms with Gasteiger partial charge in [0.2, 0.25) is 0 Å². The van der Waals surface area contributed by atoms with Gasteiger partial charge in [0.1, 0.15) is 0 Å². The van der Waals surface area contributed by atoms with Crippen molar-refractivity contribution < 1.29 is 21.6 Å². The van der Waals surface area contributed by atoms with E-state index < -0.39 is 21.6 Å². The van der Waals surface area contributed by atoms with E-state index in [-0.39, 0.29) is 28.2 Å². The van der Waals surface area contributed by atoms with E-state index in [1.165, 1.54) is 25.3 Å². The van der Waals surface area contributed by atoms with Crippen LogP contribution in [0.2, 0.25) is 0 Å². The van der Waals surface area contributed by atoms with Crippen LogP contribution in [0.25, 0.3) is 16.8 Å². The number of nitrogens with two attached hydrogens (primary N) is 1. The summed E-state index contributed by atoms with van der Waals surface area (Å²) in [6.45, 7) is 6.68. The number of para-hydroxylation sites is 1. The summed E-state index contributed by atoms with van der Waals surface area (Å²) in [6.07, 6.45) is -1.44. The Morgan fingerprint density at radius 1 is 1.24 bits per heavy atom. The predicted molar refractivity (Wildman–Crippen MR) is 131 cm³/mol. The fourth-order valence-corrected chi connectivity index (χ4v) is 5.01. The van der Waals surface area contributed by atoms with Gasteiger partial charge in [-0.3, -0.25) is 4.99 Å². The number of alkyl halides is 3. The molecule has 5 nitrogen and oxygen atoms in total. The van der Waals surface area contributed by atoms with E-state index >= 15 is 0 Å². The average molecular weight is 490 g/mol. The molecule has 0 fully saturated rings. The Bertz CT molecular complexity index is 1370. The maximum atomic E-state index is 13.4. The molecule has 2 aromatic carbocycles. The van der Waals surface area contributed by atoms with Crippen LogP contribution < -0.4 is 5.73 Å². The molecule has 34 heavy (non-hydrogen) atoms. The summed E-state index contributed by atoms with van der Waals surface area (Å²) < 4.78 is 66.2. The number of aromatic amines is 1. The second-order valence-electron chi connectivity index (χ2n) is 8.12. The predicted octanol–water partition coefficient (Wildman–Crippen LogP) is 5.69. The van der Waals surface area contributed by atoms with Crippen LogP contribution in [0.15, 0.2) is 59.1 Å². The standard InChI is InChI=1S/C25H26F3N3O2S/c1-15(2)21-11-17(16(3)10-22(21)25(26,27)28)8-9-34(32,33)19-12-23(31-14-19)20-7-5-6-18(13-30-4)24(20)29/h5-7,10-14,31H,1,8-9,29H2,2-4H3. The van der Waals surface area contributed by atoms with E-state index in [9.17, 15) is 21.6 Å². The van der Waals surface area contributed by atoms with Gasteiger partial charge in [-0.1, -0.05) is 36.4 Å². The first-order chi connectivity index (χ1) is 15.8. The summed E-state index contributed by atoms with van der Waals surface area (Å²) in [5, 5.41) is 0. The number of allylic oxidation sites excluding steroid dienone is 1. The van der Waals surface area contributed by atoms with Crippen LogP contribution in [0.1, 0.15) is 34.7 Å². The third kappa shape index (κ3) is 5.25. The molecule has 0 aliphatic heterocycles. The Morgan fingerprint density at radius 2 is 1.94 bits per heavy atom. The van der Waals surface area contributed by atoms with Gasteiger partial charge in [0, 0.05) is 42.0 Å². The fourth-order valence-electron chi connectivity index (χ4n) is 3.75. The summed E-state index contributed by atoms with van der Waals surface area (Å²) in [5.74, 6) is -0.260. The van der Waals surface area contributed by atoms with Gasteiger partial charge in [0.05, 0.1) is 16.2 Å². The minimum absolute atomic E-state index is 0.0274. The van der Waals surface area contributed by atoms with E-state index in [2.05, 4.69) is 16.6 Å². The molecule has 0 saturated carbocycles. The summed E-state index contributed by atoms with van der Waals surface area (Å²) >= 11 is 0. The van der Waals surface area contributed by atoms with Gasteiger partial charge in [-0.25, -0.2) is 8.42 Å². The third-order valence-electron chi connectivity index (χ3n) is 5.60. The minimum Gasteiger partial charge on any atom is -0.398 e. The molecule has 1 aromatic heterocycles. The molecule has 1 heterocycles. The SMILES string of the molecule is C=C(C)c1cc(CCS(=O)(=O)c2c[nH]c(-c3cccc(C=NC)c3N)c2)c(C)cc1C(F)(F)F. The smallest absolute Gasteiger partial charge is 0.398 e. The number of halogens is 3. The molecule has 0 atom stereocenters. The monoisotopic (exact) mass is 489 g/mol. The van der Waals surface area contributed by atoms with Crippen LogP contribution in [-0.2, 0) is 22.4 Å². The molecular weight excluding hydrogens is 463 g/mol. The number of nitrogens with one attached hydrogen (secondary N) is 1. The molecule has 3 N–H and O–H groups in total. The topological polar surface area (TPSA) is 88.3 Å². The van der Waals surface area contributed by atoms with Crippen molar-refractivity contribution in [2.75, 3.05) is 18.5 Å². The van der Waals surface area contributed by atoms with Crippen LogP contribution in [0.5, 0.6) is 0 Å². The molecule has 3 rings (SSSR count). The zero-order chi connectivity index (χ0) is 25.3. The largest absolute Gasteiger partial charge is 0.417 e. The fraction of sp³-hybridized carbons (Fsp3) is 0.240. The van der Waals surface area contributed by atoms with Crippen molar-refractivity contribution in [1.82, 2.24) is 4.98 Å². The third-order valence-corrected chi connectivity index (χ3v) is 7.29. The number of nitrogens with zero attached hydrogens (tertiary/aromatic N) is 1. The average Bonchev–Trinajstić information content (AvgIpc) is 3.24. The minimum atomic E-state index is -4.52. The molecule has 0 aliphatic carbocycles. The number of H-pyrrole nitrogens is 1. The van der Waals surface area contributed by atoms with Crippen molar-refractivity contribution in [1.29, 1.82) is 0 Å². The number of nitrogen functional groups attached to an aromatic ring is 1. The first-order valence-electron chi connectivity index (χ1n) is 10.4. The van der Waals surface area contributed by atoms with E-state index in [4.69, 9.17) is 5.73 Å².